The summed E-state index contributed by atoms with van der Waals surface area (Å²) in [5, 5.41) is 14.8. The number of piperidine rings is 2. The number of aromatic nitrogens is 8. The quantitative estimate of drug-likeness (QED) is 0.0764. The van der Waals surface area contributed by atoms with E-state index in [-0.39, 0.29) is 22.8 Å². The van der Waals surface area contributed by atoms with E-state index in [1.165, 1.54) is 24.3 Å². The zero-order chi connectivity index (χ0) is 63.6. The van der Waals surface area contributed by atoms with Gasteiger partial charge >= 0.3 is 11.9 Å². The Morgan fingerprint density at radius 2 is 0.867 bits per heavy atom. The zero-order valence-corrected chi connectivity index (χ0v) is 51.4. The molecule has 4 aromatic carbocycles. The minimum Gasteiger partial charge on any atom is -0.493 e. The summed E-state index contributed by atoms with van der Waals surface area (Å²) in [7, 11) is 6.52. The van der Waals surface area contributed by atoms with Gasteiger partial charge in [-0.25, -0.2) is 38.3 Å². The Morgan fingerprint density at radius 3 is 1.21 bits per heavy atom. The van der Waals surface area contributed by atoms with Gasteiger partial charge in [0.1, 0.15) is 34.6 Å². The number of hydrogen-bond donors (Lipinski definition) is 2. The van der Waals surface area contributed by atoms with Gasteiger partial charge in [0.25, 0.3) is 11.1 Å². The van der Waals surface area contributed by atoms with Gasteiger partial charge in [-0.3, -0.25) is 18.4 Å². The molecule has 2 fully saturated rings. The first-order chi connectivity index (χ1) is 43.5. The monoisotopic (exact) mass is 1230 g/mol. The molecule has 0 bridgehead atoms. The summed E-state index contributed by atoms with van der Waals surface area (Å²) in [6.45, 7) is 10.6. The van der Waals surface area contributed by atoms with Gasteiger partial charge in [0.15, 0.2) is 23.0 Å². The maximum Gasteiger partial charge on any atom is 0.414 e. The second-order valence-corrected chi connectivity index (χ2v) is 22.8. The van der Waals surface area contributed by atoms with Crippen LogP contribution in [0.4, 0.5) is 8.78 Å². The lowest BCUT2D eigenvalue weighted by atomic mass is 9.93. The SMILES string of the molecule is COc1cc2nc(CC3CCN(CCc4c(C)nc5ccccn5c4=O)CC3)n(Cc3ccc(F)cc3)c2cc1OC.COc1cc2nc(CC3CCN(CCc4c(C)nc5ccccn5c4=O)CC3)n(Cc3ccc(F)cc3)c2cc1OC.O=C(O)C(=O)O. The van der Waals surface area contributed by atoms with Crippen LogP contribution in [-0.4, -0.2) is 138 Å². The molecular weight excluding hydrogens is 1150 g/mol. The Balaban J connectivity index is 0.000000182. The van der Waals surface area contributed by atoms with Crippen molar-refractivity contribution < 1.29 is 47.5 Å². The van der Waals surface area contributed by atoms with Crippen molar-refractivity contribution in [1.29, 1.82) is 0 Å². The van der Waals surface area contributed by atoms with Crippen molar-refractivity contribution in [1.82, 2.24) is 47.7 Å². The highest BCUT2D eigenvalue weighted by molar-refractivity contribution is 6.27. The largest absolute Gasteiger partial charge is 0.493 e. The highest BCUT2D eigenvalue weighted by atomic mass is 19.1. The van der Waals surface area contributed by atoms with Gasteiger partial charge in [-0.05, 0) is 150 Å². The number of aryl methyl sites for hydroxylation is 2. The molecule has 22 heteroatoms. The molecule has 0 aliphatic carbocycles. The number of rotatable bonds is 18. The molecule has 0 amide bonds. The Kier molecular flexibility index (Phi) is 20.3. The van der Waals surface area contributed by atoms with E-state index < -0.39 is 11.9 Å². The molecule has 12 rings (SSSR count). The summed E-state index contributed by atoms with van der Waals surface area (Å²) in [6.07, 6.45) is 10.9. The van der Waals surface area contributed by atoms with E-state index in [1.807, 2.05) is 98.8 Å². The molecule has 2 aliphatic rings. The first kappa shape index (κ1) is 63.5. The van der Waals surface area contributed by atoms with E-state index in [1.54, 1.807) is 49.6 Å². The topological polar surface area (TPSA) is 222 Å². The Hall–Kier alpha value is -9.54. The third kappa shape index (κ3) is 14.8. The summed E-state index contributed by atoms with van der Waals surface area (Å²) in [6, 6.07) is 32.3. The smallest absolute Gasteiger partial charge is 0.414 e. The molecule has 2 saturated heterocycles. The number of methoxy groups -OCH3 is 4. The van der Waals surface area contributed by atoms with Crippen molar-refractivity contribution in [2.45, 2.75) is 78.3 Å². The lowest BCUT2D eigenvalue weighted by Crippen LogP contribution is -2.37. The molecule has 10 aromatic rings. The molecule has 0 spiro atoms. The average molecular weight is 1230 g/mol. The molecule has 8 heterocycles. The van der Waals surface area contributed by atoms with E-state index in [4.69, 9.17) is 48.7 Å². The minimum atomic E-state index is -1.82. The van der Waals surface area contributed by atoms with Crippen LogP contribution in [0.5, 0.6) is 23.0 Å². The minimum absolute atomic E-state index is 0.0290. The van der Waals surface area contributed by atoms with Crippen LogP contribution in [0, 0.1) is 37.3 Å². The van der Waals surface area contributed by atoms with Gasteiger partial charge in [-0.15, -0.1) is 0 Å². The van der Waals surface area contributed by atoms with Gasteiger partial charge < -0.3 is 48.1 Å². The van der Waals surface area contributed by atoms with Gasteiger partial charge in [-0.1, -0.05) is 36.4 Å². The molecule has 2 aliphatic heterocycles. The molecular formula is C68H74F2N10O10. The van der Waals surface area contributed by atoms with Crippen LogP contribution >= 0.6 is 0 Å². The number of pyridine rings is 2. The van der Waals surface area contributed by atoms with E-state index in [0.717, 1.165) is 145 Å². The third-order valence-electron chi connectivity index (χ3n) is 17.1. The summed E-state index contributed by atoms with van der Waals surface area (Å²) in [4.78, 5) is 68.6. The maximum absolute atomic E-state index is 13.6. The predicted molar refractivity (Wildman–Crippen MR) is 337 cm³/mol. The number of halogens is 2. The van der Waals surface area contributed by atoms with Crippen molar-refractivity contribution in [3.8, 4) is 23.0 Å². The number of benzene rings is 4. The molecule has 20 nitrogen and oxygen atoms in total. The fourth-order valence-corrected chi connectivity index (χ4v) is 12.1. The molecule has 0 atom stereocenters. The first-order valence-corrected chi connectivity index (χ1v) is 30.1. The van der Waals surface area contributed by atoms with E-state index in [9.17, 15) is 18.4 Å². The van der Waals surface area contributed by atoms with Crippen LogP contribution in [0.1, 0.15) is 71.0 Å². The fourth-order valence-electron chi connectivity index (χ4n) is 12.1. The van der Waals surface area contributed by atoms with Crippen LogP contribution < -0.4 is 30.1 Å². The highest BCUT2D eigenvalue weighted by Gasteiger charge is 2.27. The van der Waals surface area contributed by atoms with E-state index in [0.29, 0.717) is 72.1 Å². The number of likely N-dealkylation sites (tertiary alicyclic amines) is 2. The highest BCUT2D eigenvalue weighted by Crippen LogP contribution is 2.36. The average Bonchev–Trinajstić information content (AvgIpc) is 1.61. The summed E-state index contributed by atoms with van der Waals surface area (Å²) in [5.74, 6) is 1.46. The molecule has 0 saturated carbocycles. The lowest BCUT2D eigenvalue weighted by Gasteiger charge is -2.32. The van der Waals surface area contributed by atoms with E-state index in [2.05, 4.69) is 28.9 Å². The van der Waals surface area contributed by atoms with Crippen LogP contribution in [-0.2, 0) is 48.4 Å². The number of carbonyl (C=O) groups is 2. The van der Waals surface area contributed by atoms with Gasteiger partial charge in [0.2, 0.25) is 0 Å². The summed E-state index contributed by atoms with van der Waals surface area (Å²) >= 11 is 0. The van der Waals surface area contributed by atoms with Crippen LogP contribution in [0.2, 0.25) is 0 Å². The maximum atomic E-state index is 13.6. The number of hydrogen-bond acceptors (Lipinski definition) is 14. The van der Waals surface area contributed by atoms with Crippen LogP contribution in [0.15, 0.2) is 131 Å². The zero-order valence-electron chi connectivity index (χ0n) is 51.4. The van der Waals surface area contributed by atoms with Crippen molar-refractivity contribution >= 4 is 45.3 Å². The lowest BCUT2D eigenvalue weighted by molar-refractivity contribution is -0.159. The molecule has 90 heavy (non-hydrogen) atoms. The summed E-state index contributed by atoms with van der Waals surface area (Å²) < 4.78 is 57.1. The normalized spacial score (nSPS) is 14.1. The van der Waals surface area contributed by atoms with Crippen LogP contribution in [0.3, 0.4) is 0 Å². The number of imidazole rings is 2. The van der Waals surface area contributed by atoms with E-state index >= 15 is 0 Å². The number of aliphatic carboxylic acids is 2. The standard InChI is InChI=1S/2C33H36FN5O3.C2H2O4/c2*1-22-26(33(40)38-14-5-4-6-31(38)35-22)13-17-37-15-11-23(12-16-37)18-32-36-27-19-29(41-2)30(42-3)20-28(27)39(32)21-24-7-9-25(34)10-8-24;3-1(4)2(5)6/h2*4-10,14,19-20,23H,11-13,15-18,21H2,1-3H3;(H,3,4)(H,5,6). The number of carboxylic acid groups (broad SMARTS) is 2. The van der Waals surface area contributed by atoms with Gasteiger partial charge in [-0.2, -0.15) is 0 Å². The fraction of sp³-hybridized carbons (Fsp3) is 0.353. The number of fused-ring (bicyclic) bond motifs is 4. The number of carboxylic acids is 2. The second kappa shape index (κ2) is 28.7. The van der Waals surface area contributed by atoms with Crippen molar-refractivity contribution in [2.75, 3.05) is 67.7 Å². The number of ether oxygens (including phenoxy) is 4. The summed E-state index contributed by atoms with van der Waals surface area (Å²) in [5.41, 5.74) is 10.3. The second-order valence-electron chi connectivity index (χ2n) is 22.8. The molecule has 470 valence electrons. The molecule has 6 aromatic heterocycles. The van der Waals surface area contributed by atoms with Crippen LogP contribution in [0.25, 0.3) is 33.4 Å². The number of nitrogens with zero attached hydrogens (tertiary/aromatic N) is 10. The van der Waals surface area contributed by atoms with Crippen molar-refractivity contribution in [3.05, 3.63) is 199 Å². The Morgan fingerprint density at radius 1 is 0.511 bits per heavy atom. The Bertz CT molecular complexity index is 4030. The van der Waals surface area contributed by atoms with Crippen molar-refractivity contribution in [2.24, 2.45) is 11.8 Å². The van der Waals surface area contributed by atoms with Gasteiger partial charge in [0.05, 0.1) is 50.5 Å². The third-order valence-corrected chi connectivity index (χ3v) is 17.1. The molecule has 0 unspecified atom stereocenters. The predicted octanol–water partition coefficient (Wildman–Crippen LogP) is 9.26. The molecule has 2 N–H and O–H groups in total. The Labute approximate surface area is 518 Å². The van der Waals surface area contributed by atoms with Gasteiger partial charge in [0, 0.05) is 98.2 Å². The van der Waals surface area contributed by atoms with Crippen molar-refractivity contribution in [3.63, 3.8) is 0 Å². The first-order valence-electron chi connectivity index (χ1n) is 30.1. The molecule has 0 radical (unpaired) electrons.